The second kappa shape index (κ2) is 4.46. The average molecular weight is 243 g/mol. The first-order chi connectivity index (χ1) is 8.72. The first kappa shape index (κ1) is 11.3. The molecule has 4 heteroatoms. The molecule has 0 saturated heterocycles. The minimum atomic E-state index is 0.184. The van der Waals surface area contributed by atoms with E-state index in [1.54, 1.807) is 0 Å². The maximum atomic E-state index is 6.11. The van der Waals surface area contributed by atoms with Crippen molar-refractivity contribution in [2.45, 2.75) is 25.9 Å². The molecule has 2 N–H and O–H groups in total. The maximum absolute atomic E-state index is 6.11. The van der Waals surface area contributed by atoms with Gasteiger partial charge in [0.1, 0.15) is 0 Å². The van der Waals surface area contributed by atoms with Gasteiger partial charge in [0.25, 0.3) is 0 Å². The number of aromatic nitrogens is 1. The van der Waals surface area contributed by atoms with Gasteiger partial charge < -0.3 is 15.2 Å². The normalized spacial score (nSPS) is 18.8. The van der Waals surface area contributed by atoms with Gasteiger partial charge in [0.15, 0.2) is 5.76 Å². The number of nitrogens with zero attached hydrogens (tertiary/aromatic N) is 2. The molecular weight excluding hydrogens is 226 g/mol. The summed E-state index contributed by atoms with van der Waals surface area (Å²) in [6, 6.07) is 10.6. The second-order valence-corrected chi connectivity index (χ2v) is 4.91. The SMILES string of the molecule is Cc1cc(CN2CC(N)Cc3ccccc32)on1. The van der Waals surface area contributed by atoms with Crippen molar-refractivity contribution >= 4 is 5.69 Å². The van der Waals surface area contributed by atoms with Crippen molar-refractivity contribution in [1.82, 2.24) is 5.16 Å². The minimum absolute atomic E-state index is 0.184. The van der Waals surface area contributed by atoms with Gasteiger partial charge in [-0.15, -0.1) is 0 Å². The van der Waals surface area contributed by atoms with E-state index in [4.69, 9.17) is 10.3 Å². The van der Waals surface area contributed by atoms with E-state index in [-0.39, 0.29) is 6.04 Å². The van der Waals surface area contributed by atoms with Crippen LogP contribution in [0.3, 0.4) is 0 Å². The molecule has 4 nitrogen and oxygen atoms in total. The Balaban J connectivity index is 1.88. The van der Waals surface area contributed by atoms with Gasteiger partial charge in [-0.05, 0) is 25.0 Å². The monoisotopic (exact) mass is 243 g/mol. The highest BCUT2D eigenvalue weighted by Gasteiger charge is 2.22. The molecule has 0 aliphatic carbocycles. The summed E-state index contributed by atoms with van der Waals surface area (Å²) in [5, 5.41) is 3.92. The van der Waals surface area contributed by atoms with Crippen LogP contribution in [0.15, 0.2) is 34.9 Å². The topological polar surface area (TPSA) is 55.3 Å². The van der Waals surface area contributed by atoms with E-state index in [0.717, 1.165) is 31.0 Å². The van der Waals surface area contributed by atoms with Gasteiger partial charge in [-0.1, -0.05) is 23.4 Å². The molecule has 0 saturated carbocycles. The molecule has 1 aromatic carbocycles. The number of fused-ring (bicyclic) bond motifs is 1. The van der Waals surface area contributed by atoms with Crippen LogP contribution in [0.4, 0.5) is 5.69 Å². The van der Waals surface area contributed by atoms with E-state index in [0.29, 0.717) is 0 Å². The molecule has 0 fully saturated rings. The summed E-state index contributed by atoms with van der Waals surface area (Å²) in [5.41, 5.74) is 9.60. The minimum Gasteiger partial charge on any atom is -0.362 e. The maximum Gasteiger partial charge on any atom is 0.156 e. The van der Waals surface area contributed by atoms with Crippen LogP contribution >= 0.6 is 0 Å². The number of hydrogen-bond acceptors (Lipinski definition) is 4. The predicted molar refractivity (Wildman–Crippen MR) is 70.4 cm³/mol. The lowest BCUT2D eigenvalue weighted by atomic mass is 9.98. The number of nitrogens with two attached hydrogens (primary N) is 1. The van der Waals surface area contributed by atoms with Crippen molar-refractivity contribution in [2.75, 3.05) is 11.4 Å². The van der Waals surface area contributed by atoms with Crippen LogP contribution < -0.4 is 10.6 Å². The Morgan fingerprint density at radius 1 is 1.44 bits per heavy atom. The van der Waals surface area contributed by atoms with Gasteiger partial charge in [0.05, 0.1) is 12.2 Å². The third kappa shape index (κ3) is 2.11. The van der Waals surface area contributed by atoms with Crippen molar-refractivity contribution in [3.8, 4) is 0 Å². The van der Waals surface area contributed by atoms with E-state index in [1.807, 2.05) is 13.0 Å². The molecular formula is C14H17N3O. The Morgan fingerprint density at radius 2 is 2.28 bits per heavy atom. The molecule has 1 aliphatic heterocycles. The van der Waals surface area contributed by atoms with Crippen molar-refractivity contribution in [2.24, 2.45) is 5.73 Å². The van der Waals surface area contributed by atoms with Gasteiger partial charge in [0, 0.05) is 24.3 Å². The van der Waals surface area contributed by atoms with Crippen molar-refractivity contribution in [1.29, 1.82) is 0 Å². The number of hydrogen-bond donors (Lipinski definition) is 1. The Kier molecular flexibility index (Phi) is 2.80. The zero-order chi connectivity index (χ0) is 12.5. The van der Waals surface area contributed by atoms with Crippen LogP contribution in [-0.4, -0.2) is 17.7 Å². The summed E-state index contributed by atoms with van der Waals surface area (Å²) in [6.45, 7) is 3.52. The third-order valence-corrected chi connectivity index (χ3v) is 3.29. The molecule has 1 aromatic heterocycles. The third-order valence-electron chi connectivity index (χ3n) is 3.29. The zero-order valence-electron chi connectivity index (χ0n) is 10.5. The van der Waals surface area contributed by atoms with Crippen molar-refractivity contribution < 1.29 is 4.52 Å². The van der Waals surface area contributed by atoms with E-state index >= 15 is 0 Å². The lowest BCUT2D eigenvalue weighted by Crippen LogP contribution is -2.42. The van der Waals surface area contributed by atoms with E-state index in [1.165, 1.54) is 11.3 Å². The first-order valence-electron chi connectivity index (χ1n) is 6.23. The number of benzene rings is 1. The summed E-state index contributed by atoms with van der Waals surface area (Å²) >= 11 is 0. The Labute approximate surface area is 106 Å². The molecule has 0 radical (unpaired) electrons. The van der Waals surface area contributed by atoms with Gasteiger partial charge in [-0.25, -0.2) is 0 Å². The van der Waals surface area contributed by atoms with Gasteiger partial charge in [0.2, 0.25) is 0 Å². The molecule has 94 valence electrons. The van der Waals surface area contributed by atoms with Crippen molar-refractivity contribution in [3.63, 3.8) is 0 Å². The standard InChI is InChI=1S/C14H17N3O/c1-10-6-13(18-16-10)9-17-8-12(15)7-11-4-2-3-5-14(11)17/h2-6,12H,7-9,15H2,1H3. The summed E-state index contributed by atoms with van der Waals surface area (Å²) in [5.74, 6) is 0.886. The Morgan fingerprint density at radius 3 is 3.06 bits per heavy atom. The fourth-order valence-corrected chi connectivity index (χ4v) is 2.55. The summed E-state index contributed by atoms with van der Waals surface area (Å²) in [4.78, 5) is 2.27. The van der Waals surface area contributed by atoms with Crippen LogP contribution in [0, 0.1) is 6.92 Å². The number of rotatable bonds is 2. The molecule has 0 bridgehead atoms. The number of para-hydroxylation sites is 1. The average Bonchev–Trinajstić information content (AvgIpc) is 2.74. The Hall–Kier alpha value is -1.81. The van der Waals surface area contributed by atoms with E-state index in [2.05, 4.69) is 34.3 Å². The molecule has 0 amide bonds. The van der Waals surface area contributed by atoms with Gasteiger partial charge in [-0.2, -0.15) is 0 Å². The van der Waals surface area contributed by atoms with Crippen molar-refractivity contribution in [3.05, 3.63) is 47.3 Å². The van der Waals surface area contributed by atoms with E-state index in [9.17, 15) is 0 Å². The fraction of sp³-hybridized carbons (Fsp3) is 0.357. The lowest BCUT2D eigenvalue weighted by molar-refractivity contribution is 0.375. The first-order valence-corrected chi connectivity index (χ1v) is 6.23. The zero-order valence-corrected chi connectivity index (χ0v) is 10.5. The Bertz CT molecular complexity index is 549. The predicted octanol–water partition coefficient (Wildman–Crippen LogP) is 1.87. The number of anilines is 1. The van der Waals surface area contributed by atoms with E-state index < -0.39 is 0 Å². The number of aryl methyl sites for hydroxylation is 1. The molecule has 18 heavy (non-hydrogen) atoms. The fourth-order valence-electron chi connectivity index (χ4n) is 2.55. The molecule has 1 atom stereocenters. The molecule has 3 rings (SSSR count). The highest BCUT2D eigenvalue weighted by Crippen LogP contribution is 2.27. The van der Waals surface area contributed by atoms with Crippen LogP contribution in [0.1, 0.15) is 17.0 Å². The van der Waals surface area contributed by atoms with Gasteiger partial charge in [-0.3, -0.25) is 0 Å². The second-order valence-electron chi connectivity index (χ2n) is 4.91. The summed E-state index contributed by atoms with van der Waals surface area (Å²) < 4.78 is 5.28. The van der Waals surface area contributed by atoms with Crippen LogP contribution in [0.2, 0.25) is 0 Å². The van der Waals surface area contributed by atoms with Crippen LogP contribution in [0.5, 0.6) is 0 Å². The smallest absolute Gasteiger partial charge is 0.156 e. The summed E-state index contributed by atoms with van der Waals surface area (Å²) in [6.07, 6.45) is 0.947. The molecule has 1 unspecified atom stereocenters. The quantitative estimate of drug-likeness (QED) is 0.875. The molecule has 2 aromatic rings. The molecule has 2 heterocycles. The highest BCUT2D eigenvalue weighted by atomic mass is 16.5. The largest absolute Gasteiger partial charge is 0.362 e. The van der Waals surface area contributed by atoms with Gasteiger partial charge >= 0.3 is 0 Å². The molecule has 0 spiro atoms. The highest BCUT2D eigenvalue weighted by molar-refractivity contribution is 5.56. The van der Waals surface area contributed by atoms with Crippen LogP contribution in [-0.2, 0) is 13.0 Å². The lowest BCUT2D eigenvalue weighted by Gasteiger charge is -2.33. The molecule has 1 aliphatic rings. The van der Waals surface area contributed by atoms with Crippen LogP contribution in [0.25, 0.3) is 0 Å². The summed E-state index contributed by atoms with van der Waals surface area (Å²) in [7, 11) is 0.